The first-order chi connectivity index (χ1) is 8.71. The van der Waals surface area contributed by atoms with Crippen LogP contribution in [0.1, 0.15) is 16.6 Å². The molecule has 0 aliphatic heterocycles. The van der Waals surface area contributed by atoms with E-state index in [9.17, 15) is 4.79 Å². The largest absolute Gasteiger partial charge is 0.367 e. The number of anilines is 1. The number of thiophene rings is 2. The highest BCUT2D eigenvalue weighted by molar-refractivity contribution is 7.24. The highest BCUT2D eigenvalue weighted by atomic mass is 32.1. The maximum atomic E-state index is 10.8. The number of carbonyl (C=O) groups excluding carboxylic acids is 1. The topological polar surface area (TPSA) is 20.3 Å². The normalized spacial score (nSPS) is 11.2. The summed E-state index contributed by atoms with van der Waals surface area (Å²) in [6.45, 7) is 3.16. The van der Waals surface area contributed by atoms with Gasteiger partial charge in [0.25, 0.3) is 0 Å². The average Bonchev–Trinajstić information content (AvgIpc) is 2.96. The van der Waals surface area contributed by atoms with Crippen molar-refractivity contribution in [3.63, 3.8) is 0 Å². The second kappa shape index (κ2) is 4.37. The van der Waals surface area contributed by atoms with Crippen LogP contribution < -0.4 is 4.90 Å². The van der Waals surface area contributed by atoms with Crippen LogP contribution in [0.5, 0.6) is 0 Å². The van der Waals surface area contributed by atoms with Gasteiger partial charge in [-0.05, 0) is 42.0 Å². The quantitative estimate of drug-likeness (QED) is 0.661. The second-order valence-corrected chi connectivity index (χ2v) is 6.47. The molecular formula is C14H13NOS2. The molecule has 0 saturated heterocycles. The number of carbonyl (C=O) groups is 1. The molecule has 0 saturated carbocycles. The van der Waals surface area contributed by atoms with E-state index in [1.54, 1.807) is 22.7 Å². The fourth-order valence-electron chi connectivity index (χ4n) is 1.98. The smallest absolute Gasteiger partial charge is 0.160 e. The molecule has 2 heterocycles. The van der Waals surface area contributed by atoms with Crippen molar-refractivity contribution in [3.05, 3.63) is 29.1 Å². The van der Waals surface area contributed by atoms with E-state index < -0.39 is 0 Å². The van der Waals surface area contributed by atoms with Crippen LogP contribution in [0.25, 0.3) is 20.2 Å². The summed E-state index contributed by atoms with van der Waals surface area (Å²) >= 11 is 3.37. The Morgan fingerprint density at radius 2 is 1.83 bits per heavy atom. The minimum absolute atomic E-state index is 0.800. The van der Waals surface area contributed by atoms with Gasteiger partial charge in [0.05, 0.1) is 9.88 Å². The first-order valence-corrected chi connectivity index (χ1v) is 7.48. The molecule has 0 spiro atoms. The summed E-state index contributed by atoms with van der Waals surface area (Å²) in [4.78, 5) is 13.8. The fraction of sp³-hybridized carbons (Fsp3) is 0.214. The van der Waals surface area contributed by atoms with E-state index in [4.69, 9.17) is 0 Å². The summed E-state index contributed by atoms with van der Waals surface area (Å²) in [5.41, 5.74) is 0. The molecule has 0 fully saturated rings. The van der Waals surface area contributed by atoms with Crippen LogP contribution in [0.2, 0.25) is 0 Å². The lowest BCUT2D eigenvalue weighted by atomic mass is 10.2. The number of nitrogens with zero attached hydrogens (tertiary/aromatic N) is 1. The third-order valence-corrected chi connectivity index (χ3v) is 5.36. The Labute approximate surface area is 113 Å². The molecule has 0 N–H and O–H groups in total. The molecule has 0 atom stereocenters. The summed E-state index contributed by atoms with van der Waals surface area (Å²) < 4.78 is 2.48. The molecule has 0 aliphatic rings. The third-order valence-electron chi connectivity index (χ3n) is 3.13. The van der Waals surface area contributed by atoms with E-state index in [1.165, 1.54) is 19.8 Å². The number of rotatable bonds is 3. The molecule has 0 radical (unpaired) electrons. The lowest BCUT2D eigenvalue weighted by molar-refractivity contribution is 0.112. The van der Waals surface area contributed by atoms with Gasteiger partial charge in [0.15, 0.2) is 6.29 Å². The van der Waals surface area contributed by atoms with Crippen LogP contribution in [0.4, 0.5) is 5.00 Å². The first kappa shape index (κ1) is 11.7. The van der Waals surface area contributed by atoms with Crippen molar-refractivity contribution in [1.29, 1.82) is 0 Å². The second-order valence-electron chi connectivity index (χ2n) is 4.29. The number of aldehydes is 1. The molecule has 0 amide bonds. The van der Waals surface area contributed by atoms with Crippen molar-refractivity contribution in [2.24, 2.45) is 0 Å². The van der Waals surface area contributed by atoms with E-state index in [0.717, 1.165) is 23.1 Å². The molecule has 3 rings (SSSR count). The van der Waals surface area contributed by atoms with E-state index in [0.29, 0.717) is 0 Å². The summed E-state index contributed by atoms with van der Waals surface area (Å²) in [5, 5.41) is 3.72. The number of benzene rings is 1. The Balaban J connectivity index is 2.20. The highest BCUT2D eigenvalue weighted by Crippen LogP contribution is 2.36. The Morgan fingerprint density at radius 3 is 2.56 bits per heavy atom. The summed E-state index contributed by atoms with van der Waals surface area (Å²) in [5.74, 6) is 0. The van der Waals surface area contributed by atoms with Gasteiger partial charge in [-0.15, -0.1) is 22.7 Å². The van der Waals surface area contributed by atoms with Gasteiger partial charge in [-0.25, -0.2) is 0 Å². The maximum absolute atomic E-state index is 10.8. The molecule has 1 aromatic carbocycles. The van der Waals surface area contributed by atoms with Crippen LogP contribution in [0.3, 0.4) is 0 Å². The van der Waals surface area contributed by atoms with Crippen LogP contribution in [0.15, 0.2) is 24.3 Å². The van der Waals surface area contributed by atoms with Crippen molar-refractivity contribution >= 4 is 54.1 Å². The fourth-order valence-corrected chi connectivity index (χ4v) is 4.07. The molecule has 92 valence electrons. The van der Waals surface area contributed by atoms with E-state index in [1.807, 2.05) is 6.07 Å². The van der Waals surface area contributed by atoms with Crippen LogP contribution >= 0.6 is 22.7 Å². The third kappa shape index (κ3) is 1.82. The van der Waals surface area contributed by atoms with Crippen molar-refractivity contribution in [2.45, 2.75) is 6.92 Å². The Bertz CT molecular complexity index is 675. The minimum Gasteiger partial charge on any atom is -0.367 e. The van der Waals surface area contributed by atoms with E-state index >= 15 is 0 Å². The van der Waals surface area contributed by atoms with Crippen LogP contribution in [-0.4, -0.2) is 19.9 Å². The van der Waals surface area contributed by atoms with Crippen molar-refractivity contribution in [2.75, 3.05) is 18.5 Å². The van der Waals surface area contributed by atoms with Gasteiger partial charge in [-0.3, -0.25) is 4.79 Å². The summed E-state index contributed by atoms with van der Waals surface area (Å²) in [6.07, 6.45) is 0.926. The van der Waals surface area contributed by atoms with Crippen LogP contribution in [0, 0.1) is 0 Å². The molecule has 0 unspecified atom stereocenters. The number of hydrogen-bond donors (Lipinski definition) is 0. The van der Waals surface area contributed by atoms with Gasteiger partial charge in [0.2, 0.25) is 0 Å². The Kier molecular flexibility index (Phi) is 2.84. The van der Waals surface area contributed by atoms with Gasteiger partial charge < -0.3 is 4.90 Å². The van der Waals surface area contributed by atoms with Crippen molar-refractivity contribution in [1.82, 2.24) is 0 Å². The highest BCUT2D eigenvalue weighted by Gasteiger charge is 2.08. The van der Waals surface area contributed by atoms with Crippen LogP contribution in [-0.2, 0) is 0 Å². The molecule has 0 aliphatic carbocycles. The summed E-state index contributed by atoms with van der Waals surface area (Å²) in [7, 11) is 2.11. The number of fused-ring (bicyclic) bond motifs is 2. The predicted molar refractivity (Wildman–Crippen MR) is 81.5 cm³/mol. The molecule has 2 aromatic heterocycles. The average molecular weight is 275 g/mol. The SMILES string of the molecule is CCN(C)c1cc2cc3cc(C=O)sc3cc2s1. The molecule has 0 bridgehead atoms. The predicted octanol–water partition coefficient (Wildman–Crippen LogP) is 4.38. The standard InChI is InChI=1S/C14H13NOS2/c1-3-15(2)14-6-10-4-9-5-11(8-16)17-12(9)7-13(10)18-14/h4-8H,3H2,1-2H3. The van der Waals surface area contributed by atoms with Gasteiger partial charge in [-0.1, -0.05) is 0 Å². The maximum Gasteiger partial charge on any atom is 0.160 e. The molecule has 2 nitrogen and oxygen atoms in total. The molecular weight excluding hydrogens is 262 g/mol. The van der Waals surface area contributed by atoms with Crippen molar-refractivity contribution < 1.29 is 4.79 Å². The lowest BCUT2D eigenvalue weighted by Gasteiger charge is -2.12. The van der Waals surface area contributed by atoms with Gasteiger partial charge >= 0.3 is 0 Å². The molecule has 18 heavy (non-hydrogen) atoms. The molecule has 4 heteroatoms. The minimum atomic E-state index is 0.800. The van der Waals surface area contributed by atoms with E-state index in [-0.39, 0.29) is 0 Å². The zero-order chi connectivity index (χ0) is 12.7. The summed E-state index contributed by atoms with van der Waals surface area (Å²) in [6, 6.07) is 8.56. The number of hydrogen-bond acceptors (Lipinski definition) is 4. The van der Waals surface area contributed by atoms with Gasteiger partial charge in [0, 0.05) is 23.0 Å². The Hall–Kier alpha value is -1.39. The zero-order valence-electron chi connectivity index (χ0n) is 10.3. The van der Waals surface area contributed by atoms with Gasteiger partial charge in [-0.2, -0.15) is 0 Å². The van der Waals surface area contributed by atoms with Gasteiger partial charge in [0.1, 0.15) is 0 Å². The van der Waals surface area contributed by atoms with E-state index in [2.05, 4.69) is 37.1 Å². The lowest BCUT2D eigenvalue weighted by Crippen LogP contribution is -2.13. The zero-order valence-corrected chi connectivity index (χ0v) is 11.9. The van der Waals surface area contributed by atoms with Crippen molar-refractivity contribution in [3.8, 4) is 0 Å². The monoisotopic (exact) mass is 275 g/mol. The Morgan fingerprint density at radius 1 is 1.11 bits per heavy atom. The molecule has 3 aromatic rings. The first-order valence-electron chi connectivity index (χ1n) is 5.84.